The largest absolute Gasteiger partial charge is 0.497 e. The molecule has 104 valence electrons. The highest BCUT2D eigenvalue weighted by atomic mass is 16.6. The molecule has 2 N–H and O–H groups in total. The van der Waals surface area contributed by atoms with Crippen LogP contribution in [0, 0.1) is 16.0 Å². The molecule has 0 aliphatic heterocycles. The molecule has 1 saturated carbocycles. The van der Waals surface area contributed by atoms with E-state index in [-0.39, 0.29) is 16.7 Å². The minimum Gasteiger partial charge on any atom is -0.497 e. The smallest absolute Gasteiger partial charge is 0.292 e. The van der Waals surface area contributed by atoms with Gasteiger partial charge < -0.3 is 15.4 Å². The third-order valence-electron chi connectivity index (χ3n) is 3.66. The van der Waals surface area contributed by atoms with E-state index in [9.17, 15) is 10.1 Å². The van der Waals surface area contributed by atoms with E-state index in [0.29, 0.717) is 23.9 Å². The number of rotatable bonds is 6. The molecular weight excluding hydrogens is 246 g/mol. The van der Waals surface area contributed by atoms with Gasteiger partial charge in [0.2, 0.25) is 0 Å². The number of hydrogen-bond acceptors (Lipinski definition) is 5. The summed E-state index contributed by atoms with van der Waals surface area (Å²) in [5, 5.41) is 11.1. The average Bonchev–Trinajstić information content (AvgIpc) is 3.23. The summed E-state index contributed by atoms with van der Waals surface area (Å²) in [6.07, 6.45) is 2.29. The van der Waals surface area contributed by atoms with Crippen LogP contribution < -0.4 is 15.4 Å². The quantitative estimate of drug-likeness (QED) is 0.626. The lowest BCUT2D eigenvalue weighted by atomic mass is 10.1. The van der Waals surface area contributed by atoms with Crippen molar-refractivity contribution in [2.24, 2.45) is 11.7 Å². The summed E-state index contributed by atoms with van der Waals surface area (Å²) in [5.74, 6) is 1.15. The Labute approximate surface area is 112 Å². The van der Waals surface area contributed by atoms with E-state index in [1.54, 1.807) is 19.2 Å². The van der Waals surface area contributed by atoms with Crippen LogP contribution in [0.1, 0.15) is 12.8 Å². The van der Waals surface area contributed by atoms with Crippen molar-refractivity contribution in [3.63, 3.8) is 0 Å². The molecule has 1 unspecified atom stereocenters. The van der Waals surface area contributed by atoms with Crippen molar-refractivity contribution >= 4 is 11.4 Å². The SMILES string of the molecule is COc1ccc([N+](=O)[O-])c(N(C)C(CN)C2CC2)c1. The van der Waals surface area contributed by atoms with Crippen molar-refractivity contribution in [2.75, 3.05) is 25.6 Å². The van der Waals surface area contributed by atoms with Gasteiger partial charge in [-0.3, -0.25) is 10.1 Å². The van der Waals surface area contributed by atoms with Gasteiger partial charge in [-0.1, -0.05) is 0 Å². The van der Waals surface area contributed by atoms with E-state index in [2.05, 4.69) is 0 Å². The first-order valence-electron chi connectivity index (χ1n) is 6.33. The monoisotopic (exact) mass is 265 g/mol. The lowest BCUT2D eigenvalue weighted by Crippen LogP contribution is -2.40. The number of nitrogens with two attached hydrogens (primary N) is 1. The zero-order valence-corrected chi connectivity index (χ0v) is 11.2. The molecule has 1 aromatic rings. The van der Waals surface area contributed by atoms with E-state index in [0.717, 1.165) is 12.8 Å². The van der Waals surface area contributed by atoms with Gasteiger partial charge in [0.1, 0.15) is 11.4 Å². The molecule has 0 saturated heterocycles. The first kappa shape index (κ1) is 13.6. The summed E-state index contributed by atoms with van der Waals surface area (Å²) in [6, 6.07) is 4.92. The van der Waals surface area contributed by atoms with Gasteiger partial charge in [-0.25, -0.2) is 0 Å². The number of nitro groups is 1. The molecule has 1 aliphatic carbocycles. The van der Waals surface area contributed by atoms with Crippen LogP contribution in [-0.4, -0.2) is 31.7 Å². The second kappa shape index (κ2) is 5.44. The number of methoxy groups -OCH3 is 1. The number of likely N-dealkylation sites (N-methyl/N-ethyl adjacent to an activating group) is 1. The van der Waals surface area contributed by atoms with Gasteiger partial charge in [0, 0.05) is 31.8 Å². The van der Waals surface area contributed by atoms with Gasteiger partial charge in [0.15, 0.2) is 0 Å². The topological polar surface area (TPSA) is 81.6 Å². The van der Waals surface area contributed by atoms with Crippen LogP contribution in [0.15, 0.2) is 18.2 Å². The molecule has 1 fully saturated rings. The van der Waals surface area contributed by atoms with E-state index >= 15 is 0 Å². The van der Waals surface area contributed by atoms with Crippen LogP contribution in [0.5, 0.6) is 5.75 Å². The third-order valence-corrected chi connectivity index (χ3v) is 3.66. The normalized spacial score (nSPS) is 15.9. The van der Waals surface area contributed by atoms with Crippen molar-refractivity contribution in [1.29, 1.82) is 0 Å². The molecule has 0 amide bonds. The van der Waals surface area contributed by atoms with Crippen LogP contribution in [0.25, 0.3) is 0 Å². The number of anilines is 1. The molecule has 19 heavy (non-hydrogen) atoms. The first-order valence-corrected chi connectivity index (χ1v) is 6.33. The summed E-state index contributed by atoms with van der Waals surface area (Å²) in [5.41, 5.74) is 6.45. The zero-order valence-electron chi connectivity index (χ0n) is 11.2. The summed E-state index contributed by atoms with van der Waals surface area (Å²) in [7, 11) is 3.41. The first-order chi connectivity index (χ1) is 9.08. The van der Waals surface area contributed by atoms with Gasteiger partial charge in [-0.05, 0) is 24.8 Å². The van der Waals surface area contributed by atoms with E-state index in [1.807, 2.05) is 11.9 Å². The van der Waals surface area contributed by atoms with Crippen molar-refractivity contribution in [1.82, 2.24) is 0 Å². The maximum atomic E-state index is 11.1. The molecule has 0 spiro atoms. The molecule has 6 heteroatoms. The Morgan fingerprint density at radius 3 is 2.74 bits per heavy atom. The Morgan fingerprint density at radius 1 is 1.58 bits per heavy atom. The maximum Gasteiger partial charge on any atom is 0.292 e. The van der Waals surface area contributed by atoms with Crippen molar-refractivity contribution in [3.05, 3.63) is 28.3 Å². The number of hydrogen-bond donors (Lipinski definition) is 1. The lowest BCUT2D eigenvalue weighted by Gasteiger charge is -2.29. The molecule has 0 heterocycles. The van der Waals surface area contributed by atoms with E-state index in [4.69, 9.17) is 10.5 Å². The Kier molecular flexibility index (Phi) is 3.90. The van der Waals surface area contributed by atoms with E-state index in [1.165, 1.54) is 6.07 Å². The molecule has 6 nitrogen and oxygen atoms in total. The fourth-order valence-electron chi connectivity index (χ4n) is 2.39. The summed E-state index contributed by atoms with van der Waals surface area (Å²) < 4.78 is 5.15. The highest BCUT2D eigenvalue weighted by Crippen LogP contribution is 2.39. The standard InChI is InChI=1S/C13H19N3O3/c1-15(13(8-14)9-3-4-9)12-7-10(19-2)5-6-11(12)16(17)18/h5-7,9,13H,3-4,8,14H2,1-2H3. The zero-order chi connectivity index (χ0) is 14.0. The van der Waals surface area contributed by atoms with Gasteiger partial charge in [0.25, 0.3) is 5.69 Å². The Bertz CT molecular complexity index is 474. The molecule has 2 rings (SSSR count). The minimum absolute atomic E-state index is 0.0856. The summed E-state index contributed by atoms with van der Waals surface area (Å²) in [6.45, 7) is 0.496. The van der Waals surface area contributed by atoms with Crippen LogP contribution in [0.4, 0.5) is 11.4 Å². The second-order valence-electron chi connectivity index (χ2n) is 4.86. The van der Waals surface area contributed by atoms with Crippen molar-refractivity contribution < 1.29 is 9.66 Å². The maximum absolute atomic E-state index is 11.1. The predicted octanol–water partition coefficient (Wildman–Crippen LogP) is 1.78. The van der Waals surface area contributed by atoms with Gasteiger partial charge in [-0.2, -0.15) is 0 Å². The van der Waals surface area contributed by atoms with Crippen LogP contribution >= 0.6 is 0 Å². The van der Waals surface area contributed by atoms with Gasteiger partial charge >= 0.3 is 0 Å². The molecule has 1 aliphatic rings. The molecule has 1 aromatic carbocycles. The molecular formula is C13H19N3O3. The van der Waals surface area contributed by atoms with Gasteiger partial charge in [-0.15, -0.1) is 0 Å². The number of nitrogens with zero attached hydrogens (tertiary/aromatic N) is 2. The Hall–Kier alpha value is -1.82. The third kappa shape index (κ3) is 2.78. The Morgan fingerprint density at radius 2 is 2.26 bits per heavy atom. The molecule has 1 atom stereocenters. The Balaban J connectivity index is 2.36. The lowest BCUT2D eigenvalue weighted by molar-refractivity contribution is -0.384. The van der Waals surface area contributed by atoms with Crippen LogP contribution in [0.2, 0.25) is 0 Å². The second-order valence-corrected chi connectivity index (χ2v) is 4.86. The molecule has 0 bridgehead atoms. The molecule has 0 radical (unpaired) electrons. The van der Waals surface area contributed by atoms with Crippen LogP contribution in [-0.2, 0) is 0 Å². The molecule has 0 aromatic heterocycles. The van der Waals surface area contributed by atoms with Crippen molar-refractivity contribution in [2.45, 2.75) is 18.9 Å². The number of nitro benzene ring substituents is 1. The van der Waals surface area contributed by atoms with E-state index < -0.39 is 0 Å². The fourth-order valence-corrected chi connectivity index (χ4v) is 2.39. The highest BCUT2D eigenvalue weighted by molar-refractivity contribution is 5.66. The average molecular weight is 265 g/mol. The highest BCUT2D eigenvalue weighted by Gasteiger charge is 2.35. The minimum atomic E-state index is -0.369. The fraction of sp³-hybridized carbons (Fsp3) is 0.538. The number of ether oxygens (including phenoxy) is 1. The van der Waals surface area contributed by atoms with Crippen LogP contribution in [0.3, 0.4) is 0 Å². The van der Waals surface area contributed by atoms with Crippen molar-refractivity contribution in [3.8, 4) is 5.75 Å². The summed E-state index contributed by atoms with van der Waals surface area (Å²) >= 11 is 0. The number of benzene rings is 1. The van der Waals surface area contributed by atoms with Gasteiger partial charge in [0.05, 0.1) is 12.0 Å². The summed E-state index contributed by atoms with van der Waals surface area (Å²) in [4.78, 5) is 12.7. The predicted molar refractivity (Wildman–Crippen MR) is 73.6 cm³/mol.